The van der Waals surface area contributed by atoms with Gasteiger partial charge in [0.25, 0.3) is 0 Å². The van der Waals surface area contributed by atoms with E-state index in [0.717, 1.165) is 25.6 Å². The molecular weight excluding hydrogens is 318 g/mol. The zero-order valence-corrected chi connectivity index (χ0v) is 8.28. The molecule has 0 aromatic carbocycles. The summed E-state index contributed by atoms with van der Waals surface area (Å²) in [5.74, 6) is -0.160. The quantitative estimate of drug-likeness (QED) is 0.364. The third-order valence-corrected chi connectivity index (χ3v) is 1.79. The molecule has 0 bridgehead atoms. The summed E-state index contributed by atoms with van der Waals surface area (Å²) in [6.07, 6.45) is 1.05. The first-order valence-electron chi connectivity index (χ1n) is 2.58. The summed E-state index contributed by atoms with van der Waals surface area (Å²) < 4.78 is 5.12. The van der Waals surface area contributed by atoms with E-state index in [9.17, 15) is 4.79 Å². The van der Waals surface area contributed by atoms with E-state index in [-0.39, 0.29) is 0 Å². The standard InChI is InChI=1S/C5H3N3O2.W/c1-6-8-4-3-10-5(9)2-7-4;/h2H,1H2;. The first kappa shape index (κ1) is 8.14. The topological polar surface area (TPSA) is 63.4 Å². The molecule has 0 saturated carbocycles. The molecule has 5 nitrogen and oxygen atoms in total. The number of aliphatic imine (C=N–C) groups is 1. The summed E-state index contributed by atoms with van der Waals surface area (Å²) in [4.78, 5) is 14.2. The summed E-state index contributed by atoms with van der Waals surface area (Å²) in [6, 6.07) is 0. The summed E-state index contributed by atoms with van der Waals surface area (Å²) in [6.45, 7) is 3.15. The first-order valence-corrected chi connectivity index (χ1v) is 4.04. The molecule has 0 N–H and O–H groups in total. The van der Waals surface area contributed by atoms with Crippen LogP contribution in [0.4, 0.5) is 0 Å². The second kappa shape index (κ2) is 3.44. The Morgan fingerprint density at radius 2 is 2.45 bits per heavy atom. The number of carbonyl (C=O) groups is 1. The molecule has 6 heteroatoms. The van der Waals surface area contributed by atoms with Gasteiger partial charge in [-0.05, 0) is 0 Å². The number of amidine groups is 1. The Bertz CT molecular complexity index is 281. The van der Waals surface area contributed by atoms with Crippen molar-refractivity contribution in [1.82, 2.24) is 0 Å². The Balaban J connectivity index is 2.93. The molecule has 0 aromatic heterocycles. The van der Waals surface area contributed by atoms with Gasteiger partial charge in [0.1, 0.15) is 0 Å². The number of ether oxygens (including phenoxy) is 1. The predicted octanol–water partition coefficient (Wildman–Crippen LogP) is -0.695. The molecule has 0 radical (unpaired) electrons. The van der Waals surface area contributed by atoms with E-state index in [4.69, 9.17) is 4.74 Å². The van der Waals surface area contributed by atoms with Gasteiger partial charge in [-0.2, -0.15) is 0 Å². The number of esters is 1. The molecule has 1 aliphatic rings. The van der Waals surface area contributed by atoms with Crippen molar-refractivity contribution in [3.05, 3.63) is 0 Å². The number of rotatable bonds is 1. The summed E-state index contributed by atoms with van der Waals surface area (Å²) in [7, 11) is 0. The molecule has 0 aliphatic carbocycles. The number of hydrogen-bond donors (Lipinski definition) is 0. The first-order chi connectivity index (χ1) is 5.24. The van der Waals surface area contributed by atoms with E-state index < -0.39 is 5.97 Å². The molecule has 0 atom stereocenters. The van der Waals surface area contributed by atoms with Crippen LogP contribution in [0.1, 0.15) is 0 Å². The number of cyclic esters (lactones) is 1. The van der Waals surface area contributed by atoms with E-state index in [1.807, 2.05) is 0 Å². The third-order valence-electron chi connectivity index (χ3n) is 0.834. The number of nitrogens with zero attached hydrogens (tertiary/aromatic N) is 3. The van der Waals surface area contributed by atoms with Crippen LogP contribution in [0.15, 0.2) is 15.2 Å². The molecule has 0 unspecified atom stereocenters. The molecule has 1 rings (SSSR count). The van der Waals surface area contributed by atoms with Crippen LogP contribution in [0, 0.1) is 0 Å². The van der Waals surface area contributed by atoms with Crippen LogP contribution in [-0.4, -0.2) is 28.8 Å². The van der Waals surface area contributed by atoms with Gasteiger partial charge in [0.05, 0.1) is 0 Å². The molecule has 0 fully saturated rings. The van der Waals surface area contributed by atoms with E-state index in [2.05, 4.69) is 21.9 Å². The van der Waals surface area contributed by atoms with E-state index in [1.54, 1.807) is 0 Å². The van der Waals surface area contributed by atoms with Crippen molar-refractivity contribution < 1.29 is 28.9 Å². The monoisotopic (exact) mass is 321 g/mol. The Labute approximate surface area is 73.3 Å². The Morgan fingerprint density at radius 1 is 1.73 bits per heavy atom. The van der Waals surface area contributed by atoms with Crippen molar-refractivity contribution in [1.29, 1.82) is 0 Å². The molecule has 1 aliphatic heterocycles. The van der Waals surface area contributed by atoms with Crippen LogP contribution in [0.5, 0.6) is 0 Å². The van der Waals surface area contributed by atoms with Crippen molar-refractivity contribution in [2.24, 2.45) is 15.2 Å². The fourth-order valence-electron chi connectivity index (χ4n) is 0.464. The SMILES string of the molecule is C=NN=C1N=CC(=O)O[C]1=[W]. The molecule has 56 valence electrons. The van der Waals surface area contributed by atoms with E-state index >= 15 is 0 Å². The van der Waals surface area contributed by atoms with Gasteiger partial charge in [0.15, 0.2) is 0 Å². The minimum atomic E-state index is -0.474. The molecule has 1 heterocycles. The van der Waals surface area contributed by atoms with Gasteiger partial charge < -0.3 is 0 Å². The van der Waals surface area contributed by atoms with Crippen LogP contribution in [0.25, 0.3) is 0 Å². The Hall–Kier alpha value is -0.962. The Morgan fingerprint density at radius 3 is 3.00 bits per heavy atom. The van der Waals surface area contributed by atoms with Crippen molar-refractivity contribution >= 4 is 28.8 Å². The second-order valence-electron chi connectivity index (χ2n) is 1.53. The molecule has 11 heavy (non-hydrogen) atoms. The molecule has 0 spiro atoms. The van der Waals surface area contributed by atoms with Gasteiger partial charge in [-0.3, -0.25) is 0 Å². The average Bonchev–Trinajstić information content (AvgIpc) is 1.95. The van der Waals surface area contributed by atoms with Crippen LogP contribution < -0.4 is 0 Å². The van der Waals surface area contributed by atoms with E-state index in [0.29, 0.717) is 9.92 Å². The zero-order chi connectivity index (χ0) is 8.27. The van der Waals surface area contributed by atoms with Crippen LogP contribution in [0.2, 0.25) is 0 Å². The summed E-state index contributed by atoms with van der Waals surface area (Å²) in [5, 5.41) is 6.80. The van der Waals surface area contributed by atoms with Gasteiger partial charge in [0.2, 0.25) is 0 Å². The molecular formula is C5H3N3O2W. The van der Waals surface area contributed by atoms with Gasteiger partial charge in [0, 0.05) is 0 Å². The second-order valence-corrected chi connectivity index (χ2v) is 2.86. The van der Waals surface area contributed by atoms with Gasteiger partial charge in [-0.15, -0.1) is 0 Å². The van der Waals surface area contributed by atoms with Gasteiger partial charge in [-0.25, -0.2) is 0 Å². The number of carbonyl (C=O) groups excluding carboxylic acids is 1. The number of hydrogen-bond acceptors (Lipinski definition) is 4. The summed E-state index contributed by atoms with van der Waals surface area (Å²) in [5.41, 5.74) is 0. The molecule has 0 aromatic rings. The van der Waals surface area contributed by atoms with Crippen LogP contribution in [-0.2, 0) is 28.9 Å². The summed E-state index contributed by atoms with van der Waals surface area (Å²) >= 11 is 0.979. The van der Waals surface area contributed by atoms with E-state index in [1.165, 1.54) is 0 Å². The fourth-order valence-corrected chi connectivity index (χ4v) is 1.09. The maximum atomic E-state index is 10.5. The van der Waals surface area contributed by atoms with Gasteiger partial charge >= 0.3 is 72.9 Å². The minimum absolute atomic E-state index is 0.314. The predicted molar refractivity (Wildman–Crippen MR) is 36.6 cm³/mol. The van der Waals surface area contributed by atoms with Crippen molar-refractivity contribution in [2.45, 2.75) is 0 Å². The van der Waals surface area contributed by atoms with Crippen LogP contribution >= 0.6 is 0 Å². The third kappa shape index (κ3) is 1.98. The Kier molecular flexibility index (Phi) is 2.54. The average molecular weight is 321 g/mol. The van der Waals surface area contributed by atoms with Crippen molar-refractivity contribution in [2.75, 3.05) is 0 Å². The molecule has 0 saturated heterocycles. The van der Waals surface area contributed by atoms with Crippen molar-refractivity contribution in [3.8, 4) is 0 Å². The maximum absolute atomic E-state index is 10.5. The fraction of sp³-hybridized carbons (Fsp3) is 0. The van der Waals surface area contributed by atoms with Crippen LogP contribution in [0.3, 0.4) is 0 Å². The normalized spacial score (nSPS) is 20.2. The zero-order valence-electron chi connectivity index (χ0n) is 5.35. The van der Waals surface area contributed by atoms with Gasteiger partial charge in [-0.1, -0.05) is 0 Å². The van der Waals surface area contributed by atoms with Crippen molar-refractivity contribution in [3.63, 3.8) is 0 Å². The molecule has 0 amide bonds.